The van der Waals surface area contributed by atoms with Gasteiger partial charge in [-0.05, 0) is 6.92 Å². The van der Waals surface area contributed by atoms with Crippen LogP contribution < -0.4 is 0 Å². The minimum Gasteiger partial charge on any atom is -0.478 e. The number of hydrogen-bond donors (Lipinski definition) is 1. The van der Waals surface area contributed by atoms with E-state index in [1.807, 2.05) is 0 Å². The zero-order chi connectivity index (χ0) is 10.3. The van der Waals surface area contributed by atoms with Gasteiger partial charge in [-0.1, -0.05) is 6.58 Å². The van der Waals surface area contributed by atoms with Crippen molar-refractivity contribution in [3.63, 3.8) is 0 Å². The van der Waals surface area contributed by atoms with Crippen LogP contribution in [-0.2, 0) is 14.3 Å². The van der Waals surface area contributed by atoms with E-state index in [2.05, 4.69) is 11.3 Å². The zero-order valence-electron chi connectivity index (χ0n) is 7.41. The maximum Gasteiger partial charge on any atom is 0.331 e. The van der Waals surface area contributed by atoms with Gasteiger partial charge in [-0.15, -0.1) is 11.8 Å². The summed E-state index contributed by atoms with van der Waals surface area (Å²) >= 11 is 1.18. The molecule has 4 nitrogen and oxygen atoms in total. The number of esters is 1. The van der Waals surface area contributed by atoms with E-state index in [9.17, 15) is 9.59 Å². The highest BCUT2D eigenvalue weighted by molar-refractivity contribution is 8.00. The molecular weight excluding hydrogens is 192 g/mol. The third-order valence-corrected chi connectivity index (χ3v) is 2.10. The van der Waals surface area contributed by atoms with E-state index < -0.39 is 5.97 Å². The highest BCUT2D eigenvalue weighted by atomic mass is 32.2. The second-order valence-electron chi connectivity index (χ2n) is 2.21. The Balaban J connectivity index is 3.50. The predicted molar refractivity (Wildman–Crippen MR) is 50.7 cm³/mol. The Morgan fingerprint density at radius 2 is 2.08 bits per heavy atom. The number of rotatable bonds is 6. The molecule has 0 aromatic heterocycles. The van der Waals surface area contributed by atoms with Gasteiger partial charge in [-0.3, -0.25) is 4.79 Å². The average molecular weight is 204 g/mol. The van der Waals surface area contributed by atoms with Crippen LogP contribution in [0.1, 0.15) is 6.92 Å². The standard InChI is InChI=1S/C8H12O4S/c1-3-12-7(9)5-13-4-6(2)8(10)11/h2-5H2,1H3,(H,10,11). The number of hydrogen-bond acceptors (Lipinski definition) is 4. The molecule has 0 aromatic carbocycles. The fourth-order valence-corrected chi connectivity index (χ4v) is 1.24. The van der Waals surface area contributed by atoms with Gasteiger partial charge >= 0.3 is 11.9 Å². The highest BCUT2D eigenvalue weighted by Gasteiger charge is 2.06. The summed E-state index contributed by atoms with van der Waals surface area (Å²) in [6.07, 6.45) is 0. The van der Waals surface area contributed by atoms with E-state index in [1.54, 1.807) is 6.92 Å². The molecule has 5 heteroatoms. The van der Waals surface area contributed by atoms with Gasteiger partial charge in [0.15, 0.2) is 0 Å². The lowest BCUT2D eigenvalue weighted by Crippen LogP contribution is -2.08. The second-order valence-corrected chi connectivity index (χ2v) is 3.19. The summed E-state index contributed by atoms with van der Waals surface area (Å²) in [4.78, 5) is 21.0. The van der Waals surface area contributed by atoms with Crippen LogP contribution in [0.5, 0.6) is 0 Å². The van der Waals surface area contributed by atoms with Crippen molar-refractivity contribution in [3.8, 4) is 0 Å². The molecule has 1 N–H and O–H groups in total. The van der Waals surface area contributed by atoms with Crippen molar-refractivity contribution in [1.29, 1.82) is 0 Å². The third-order valence-electron chi connectivity index (χ3n) is 1.10. The number of ether oxygens (including phenoxy) is 1. The van der Waals surface area contributed by atoms with Gasteiger partial charge in [0.2, 0.25) is 0 Å². The number of carboxylic acid groups (broad SMARTS) is 1. The van der Waals surface area contributed by atoms with Crippen molar-refractivity contribution in [3.05, 3.63) is 12.2 Å². The summed E-state index contributed by atoms with van der Waals surface area (Å²) in [6.45, 7) is 5.39. The molecule has 0 saturated heterocycles. The van der Waals surface area contributed by atoms with Crippen molar-refractivity contribution < 1.29 is 19.4 Å². The van der Waals surface area contributed by atoms with Crippen molar-refractivity contribution >= 4 is 23.7 Å². The Labute approximate surface area is 81.0 Å². The lowest BCUT2D eigenvalue weighted by Gasteiger charge is -2.01. The number of carboxylic acids is 1. The largest absolute Gasteiger partial charge is 0.478 e. The van der Waals surface area contributed by atoms with E-state index in [0.717, 1.165) is 0 Å². The van der Waals surface area contributed by atoms with Gasteiger partial charge < -0.3 is 9.84 Å². The first-order valence-corrected chi connectivity index (χ1v) is 4.87. The lowest BCUT2D eigenvalue weighted by molar-refractivity contribution is -0.140. The van der Waals surface area contributed by atoms with Crippen LogP contribution in [0, 0.1) is 0 Å². The fourth-order valence-electron chi connectivity index (χ4n) is 0.522. The molecule has 0 atom stereocenters. The third kappa shape index (κ3) is 6.21. The van der Waals surface area contributed by atoms with E-state index >= 15 is 0 Å². The summed E-state index contributed by atoms with van der Waals surface area (Å²) in [6, 6.07) is 0. The Morgan fingerprint density at radius 1 is 1.46 bits per heavy atom. The average Bonchev–Trinajstić information content (AvgIpc) is 2.04. The van der Waals surface area contributed by atoms with Gasteiger partial charge in [0.05, 0.1) is 12.4 Å². The normalized spacial score (nSPS) is 9.31. The van der Waals surface area contributed by atoms with Gasteiger partial charge in [0.25, 0.3) is 0 Å². The quantitative estimate of drug-likeness (QED) is 0.515. The molecule has 0 saturated carbocycles. The first kappa shape index (κ1) is 12.0. The van der Waals surface area contributed by atoms with Crippen molar-refractivity contribution in [1.82, 2.24) is 0 Å². The molecule has 0 fully saturated rings. The second kappa shape index (κ2) is 6.54. The predicted octanol–water partition coefficient (Wildman–Crippen LogP) is 0.923. The van der Waals surface area contributed by atoms with Crippen LogP contribution >= 0.6 is 11.8 Å². The SMILES string of the molecule is C=C(CSCC(=O)OCC)C(=O)O. The van der Waals surface area contributed by atoms with Crippen LogP contribution in [0.2, 0.25) is 0 Å². The molecule has 0 spiro atoms. The molecule has 13 heavy (non-hydrogen) atoms. The molecule has 0 aliphatic heterocycles. The Hall–Kier alpha value is -0.970. The molecule has 0 aromatic rings. The first-order chi connectivity index (χ1) is 6.07. The molecule has 0 rings (SSSR count). The zero-order valence-corrected chi connectivity index (χ0v) is 8.23. The monoisotopic (exact) mass is 204 g/mol. The van der Waals surface area contributed by atoms with E-state index in [0.29, 0.717) is 6.61 Å². The smallest absolute Gasteiger partial charge is 0.331 e. The number of carbonyl (C=O) groups is 2. The molecule has 74 valence electrons. The van der Waals surface area contributed by atoms with Gasteiger partial charge in [-0.25, -0.2) is 4.79 Å². The van der Waals surface area contributed by atoms with E-state index in [4.69, 9.17) is 5.11 Å². The molecule has 0 bridgehead atoms. The molecule has 0 radical (unpaired) electrons. The first-order valence-electron chi connectivity index (χ1n) is 3.72. The molecule has 0 unspecified atom stereocenters. The maximum atomic E-state index is 10.8. The Morgan fingerprint density at radius 3 is 2.54 bits per heavy atom. The lowest BCUT2D eigenvalue weighted by atomic mass is 10.4. The molecule has 0 heterocycles. The molecule has 0 aliphatic carbocycles. The van der Waals surface area contributed by atoms with Gasteiger partial charge in [0.1, 0.15) is 0 Å². The van der Waals surface area contributed by atoms with Crippen molar-refractivity contribution in [2.45, 2.75) is 6.92 Å². The van der Waals surface area contributed by atoms with E-state index in [-0.39, 0.29) is 23.0 Å². The number of thioether (sulfide) groups is 1. The van der Waals surface area contributed by atoms with Crippen molar-refractivity contribution in [2.75, 3.05) is 18.1 Å². The minimum atomic E-state index is -1.03. The minimum absolute atomic E-state index is 0.0919. The molecular formula is C8H12O4S. The van der Waals surface area contributed by atoms with Crippen LogP contribution in [0.3, 0.4) is 0 Å². The maximum absolute atomic E-state index is 10.8. The van der Waals surface area contributed by atoms with E-state index in [1.165, 1.54) is 11.8 Å². The van der Waals surface area contributed by atoms with Crippen LogP contribution in [0.25, 0.3) is 0 Å². The van der Waals surface area contributed by atoms with Crippen molar-refractivity contribution in [2.24, 2.45) is 0 Å². The van der Waals surface area contributed by atoms with Crippen LogP contribution in [-0.4, -0.2) is 35.2 Å². The van der Waals surface area contributed by atoms with Crippen LogP contribution in [0.4, 0.5) is 0 Å². The Bertz CT molecular complexity index is 212. The molecule has 0 amide bonds. The number of aliphatic carboxylic acids is 1. The summed E-state index contributed by atoms with van der Waals surface area (Å²) in [7, 11) is 0. The summed E-state index contributed by atoms with van der Waals surface area (Å²) in [5.74, 6) is -0.948. The Kier molecular flexibility index (Phi) is 6.05. The summed E-state index contributed by atoms with van der Waals surface area (Å²) in [5, 5.41) is 8.42. The van der Waals surface area contributed by atoms with Gasteiger partial charge in [-0.2, -0.15) is 0 Å². The van der Waals surface area contributed by atoms with Gasteiger partial charge in [0, 0.05) is 11.3 Å². The van der Waals surface area contributed by atoms with Crippen LogP contribution in [0.15, 0.2) is 12.2 Å². The molecule has 0 aliphatic rings. The highest BCUT2D eigenvalue weighted by Crippen LogP contribution is 2.06. The topological polar surface area (TPSA) is 63.6 Å². The summed E-state index contributed by atoms with van der Waals surface area (Å²) < 4.78 is 4.65. The fraction of sp³-hybridized carbons (Fsp3) is 0.500. The number of carbonyl (C=O) groups excluding carboxylic acids is 1. The summed E-state index contributed by atoms with van der Waals surface area (Å²) in [5.41, 5.74) is 0.0919.